The van der Waals surface area contributed by atoms with E-state index in [9.17, 15) is 9.59 Å². The lowest BCUT2D eigenvalue weighted by Gasteiger charge is -2.31. The summed E-state index contributed by atoms with van der Waals surface area (Å²) in [5, 5.41) is 12.2. The molecular weight excluding hydrogens is 692 g/mol. The molecule has 3 aromatic carbocycles. The number of anilines is 3. The summed E-state index contributed by atoms with van der Waals surface area (Å²) < 4.78 is 16.0. The van der Waals surface area contributed by atoms with Crippen LogP contribution in [0.1, 0.15) is 20.7 Å². The fraction of sp³-hybridized carbons (Fsp3) is 0.214. The number of hydrogen-bond acceptors (Lipinski definition) is 8. The largest absolute Gasteiger partial charge is 0.494 e. The molecule has 0 radical (unpaired) electrons. The highest BCUT2D eigenvalue weighted by Crippen LogP contribution is 2.34. The predicted octanol–water partition coefficient (Wildman–Crippen LogP) is 6.41. The van der Waals surface area contributed by atoms with Gasteiger partial charge in [0.15, 0.2) is 10.2 Å². The van der Waals surface area contributed by atoms with Crippen LogP contribution in [0.25, 0.3) is 0 Å². The van der Waals surface area contributed by atoms with Gasteiger partial charge in [-0.2, -0.15) is 0 Å². The highest BCUT2D eigenvalue weighted by Gasteiger charge is 2.21. The normalized spacial score (nSPS) is 12.6. The van der Waals surface area contributed by atoms with Gasteiger partial charge in [0.1, 0.15) is 11.5 Å². The van der Waals surface area contributed by atoms with Crippen LogP contribution in [0, 0.1) is 0 Å². The SMILES string of the molecule is COc1c(Cl)cc(Cl)cc1C(=O)NC(=S)Nc1ccc(N2CCOCC2)c(NC(=S)NC(=O)c2cc(Cl)cc(Cl)c2OC)c1. The number of carbonyl (C=O) groups is 2. The first kappa shape index (κ1) is 33.8. The third-order valence-corrected chi connectivity index (χ3v) is 7.63. The summed E-state index contributed by atoms with van der Waals surface area (Å²) in [6, 6.07) is 11.1. The number of methoxy groups -OCH3 is 2. The smallest absolute Gasteiger partial charge is 0.261 e. The van der Waals surface area contributed by atoms with Crippen molar-refractivity contribution < 1.29 is 23.8 Å². The van der Waals surface area contributed by atoms with Crippen LogP contribution in [-0.2, 0) is 4.74 Å². The van der Waals surface area contributed by atoms with E-state index in [4.69, 9.17) is 85.1 Å². The number of hydrogen-bond donors (Lipinski definition) is 4. The number of rotatable bonds is 7. The van der Waals surface area contributed by atoms with E-state index in [0.29, 0.717) is 37.7 Å². The third-order valence-electron chi connectivity index (χ3n) is 6.22. The van der Waals surface area contributed by atoms with Crippen molar-refractivity contribution in [2.24, 2.45) is 0 Å². The molecule has 10 nitrogen and oxygen atoms in total. The molecule has 1 heterocycles. The first-order valence-corrected chi connectivity index (χ1v) is 15.1. The minimum Gasteiger partial charge on any atom is -0.494 e. The molecule has 0 bridgehead atoms. The summed E-state index contributed by atoms with van der Waals surface area (Å²) in [4.78, 5) is 28.1. The van der Waals surface area contributed by atoms with Gasteiger partial charge >= 0.3 is 0 Å². The Morgan fingerprint density at radius 3 is 1.77 bits per heavy atom. The van der Waals surface area contributed by atoms with E-state index in [1.54, 1.807) is 12.1 Å². The molecule has 0 atom stereocenters. The number of morpholine rings is 1. The van der Waals surface area contributed by atoms with Gasteiger partial charge in [0.2, 0.25) is 0 Å². The molecule has 232 valence electrons. The van der Waals surface area contributed by atoms with Crippen molar-refractivity contribution in [3.63, 3.8) is 0 Å². The van der Waals surface area contributed by atoms with Gasteiger partial charge in [-0.3, -0.25) is 20.2 Å². The van der Waals surface area contributed by atoms with Gasteiger partial charge in [0.05, 0.1) is 60.0 Å². The van der Waals surface area contributed by atoms with Gasteiger partial charge in [-0.1, -0.05) is 46.4 Å². The predicted molar refractivity (Wildman–Crippen MR) is 183 cm³/mol. The minimum absolute atomic E-state index is 0.000574. The van der Waals surface area contributed by atoms with Crippen molar-refractivity contribution in [1.82, 2.24) is 10.6 Å². The molecule has 1 aliphatic rings. The molecule has 0 aromatic heterocycles. The Hall–Kier alpha value is -3.10. The van der Waals surface area contributed by atoms with Gasteiger partial charge < -0.3 is 29.7 Å². The van der Waals surface area contributed by atoms with Crippen LogP contribution in [0.4, 0.5) is 17.1 Å². The second-order valence-electron chi connectivity index (χ2n) is 9.08. The van der Waals surface area contributed by atoms with Crippen molar-refractivity contribution in [1.29, 1.82) is 0 Å². The molecule has 16 heteroatoms. The fourth-order valence-electron chi connectivity index (χ4n) is 4.32. The highest BCUT2D eigenvalue weighted by molar-refractivity contribution is 7.80. The molecule has 44 heavy (non-hydrogen) atoms. The topological polar surface area (TPSA) is 113 Å². The zero-order chi connectivity index (χ0) is 32.0. The number of benzene rings is 3. The lowest BCUT2D eigenvalue weighted by molar-refractivity contribution is 0.0966. The summed E-state index contributed by atoms with van der Waals surface area (Å²) in [7, 11) is 2.78. The lowest BCUT2D eigenvalue weighted by atomic mass is 10.2. The van der Waals surface area contributed by atoms with Crippen molar-refractivity contribution in [2.75, 3.05) is 56.1 Å². The van der Waals surface area contributed by atoms with E-state index in [0.717, 1.165) is 5.69 Å². The highest BCUT2D eigenvalue weighted by atomic mass is 35.5. The molecule has 2 amide bonds. The Bertz CT molecular complexity index is 1620. The van der Waals surface area contributed by atoms with Crippen LogP contribution in [0.5, 0.6) is 11.5 Å². The zero-order valence-corrected chi connectivity index (χ0v) is 27.8. The summed E-state index contributed by atoms with van der Waals surface area (Å²) in [5.74, 6) is -0.838. The quantitative estimate of drug-likeness (QED) is 0.205. The number of nitrogens with zero attached hydrogens (tertiary/aromatic N) is 1. The molecule has 0 spiro atoms. The average molecular weight is 717 g/mol. The van der Waals surface area contributed by atoms with Crippen molar-refractivity contribution in [3.05, 3.63) is 73.7 Å². The molecule has 4 rings (SSSR count). The first-order valence-electron chi connectivity index (χ1n) is 12.8. The Balaban J connectivity index is 1.53. The van der Waals surface area contributed by atoms with Crippen molar-refractivity contribution in [2.45, 2.75) is 0 Å². The Morgan fingerprint density at radius 1 is 0.773 bits per heavy atom. The molecule has 3 aromatic rings. The van der Waals surface area contributed by atoms with E-state index in [1.807, 2.05) is 6.07 Å². The number of carbonyl (C=O) groups excluding carboxylic acids is 2. The Morgan fingerprint density at radius 2 is 1.27 bits per heavy atom. The minimum atomic E-state index is -0.577. The second-order valence-corrected chi connectivity index (χ2v) is 11.6. The van der Waals surface area contributed by atoms with Crippen molar-refractivity contribution >= 4 is 110 Å². The number of nitrogens with one attached hydrogen (secondary N) is 4. The summed E-state index contributed by atoms with van der Waals surface area (Å²) in [6.07, 6.45) is 0. The van der Waals surface area contributed by atoms with Crippen LogP contribution in [0.3, 0.4) is 0 Å². The standard InChI is InChI=1S/C28H25Cl4N5O5S2/c1-40-23-17(9-14(29)11-19(23)31)25(38)35-27(43)33-16-3-4-22(37-5-7-42-8-6-37)21(13-16)34-28(44)36-26(39)18-10-15(30)12-20(32)24(18)41-2/h3-4,9-13H,5-8H2,1-2H3,(H2,33,35,38,43)(H2,34,36,39,44). The van der Waals surface area contributed by atoms with Gasteiger partial charge in [0, 0.05) is 28.8 Å². The fourth-order valence-corrected chi connectivity index (χ4v) is 5.88. The number of thiocarbonyl (C=S) groups is 2. The van der Waals surface area contributed by atoms with E-state index < -0.39 is 11.8 Å². The second kappa shape index (κ2) is 15.3. The maximum Gasteiger partial charge on any atom is 0.261 e. The maximum atomic E-state index is 13.1. The maximum absolute atomic E-state index is 13.1. The zero-order valence-electron chi connectivity index (χ0n) is 23.2. The third kappa shape index (κ3) is 8.33. The van der Waals surface area contributed by atoms with Crippen molar-refractivity contribution in [3.8, 4) is 11.5 Å². The van der Waals surface area contributed by atoms with Gasteiger partial charge in [-0.15, -0.1) is 0 Å². The average Bonchev–Trinajstić information content (AvgIpc) is 2.96. The van der Waals surface area contributed by atoms with Crippen LogP contribution in [0.2, 0.25) is 20.1 Å². The first-order chi connectivity index (χ1) is 21.0. The summed E-state index contributed by atoms with van der Waals surface area (Å²) in [5.41, 5.74) is 2.08. The summed E-state index contributed by atoms with van der Waals surface area (Å²) in [6.45, 7) is 2.36. The number of ether oxygens (including phenoxy) is 3. The molecule has 0 saturated carbocycles. The number of halogens is 4. The molecule has 1 saturated heterocycles. The van der Waals surface area contributed by atoms with E-state index in [2.05, 4.69) is 26.2 Å². The van der Waals surface area contributed by atoms with Gasteiger partial charge in [0.25, 0.3) is 11.8 Å². The van der Waals surface area contributed by atoms with Crippen LogP contribution in [-0.4, -0.2) is 62.6 Å². The lowest BCUT2D eigenvalue weighted by Crippen LogP contribution is -2.38. The molecule has 0 unspecified atom stereocenters. The Labute approximate surface area is 284 Å². The van der Waals surface area contributed by atoms with E-state index in [-0.39, 0.29) is 52.9 Å². The summed E-state index contributed by atoms with van der Waals surface area (Å²) >= 11 is 35.4. The van der Waals surface area contributed by atoms with Gasteiger partial charge in [-0.05, 0) is 66.9 Å². The monoisotopic (exact) mass is 715 g/mol. The number of amides is 2. The van der Waals surface area contributed by atoms with Gasteiger partial charge in [-0.25, -0.2) is 0 Å². The molecule has 0 aliphatic carbocycles. The van der Waals surface area contributed by atoms with Crippen LogP contribution in [0.15, 0.2) is 42.5 Å². The molecule has 1 fully saturated rings. The van der Waals surface area contributed by atoms with Crippen LogP contribution >= 0.6 is 70.8 Å². The van der Waals surface area contributed by atoms with E-state index in [1.165, 1.54) is 38.5 Å². The molecule has 4 N–H and O–H groups in total. The van der Waals surface area contributed by atoms with Crippen LogP contribution < -0.4 is 35.6 Å². The van der Waals surface area contributed by atoms with E-state index >= 15 is 0 Å². The molecular formula is C28H25Cl4N5O5S2. The Kier molecular flexibility index (Phi) is 11.7. The molecule has 1 aliphatic heterocycles.